The highest BCUT2D eigenvalue weighted by molar-refractivity contribution is 6.03. The first-order valence-corrected chi connectivity index (χ1v) is 8.71. The number of ether oxygens (including phenoxy) is 1. The number of amides is 1. The molecular formula is C20H19F3N2O3. The number of aliphatic hydroxyl groups is 1. The topological polar surface area (TPSA) is 62.1 Å². The van der Waals surface area contributed by atoms with Crippen molar-refractivity contribution in [3.63, 3.8) is 0 Å². The first kappa shape index (κ1) is 19.9. The molecule has 0 fully saturated rings. The number of aryl methyl sites for hydroxylation is 1. The minimum atomic E-state index is -5.08. The Bertz CT molecular complexity index is 867. The Kier molecular flexibility index (Phi) is 5.42. The lowest BCUT2D eigenvalue weighted by molar-refractivity contribution is -0.302. The average molecular weight is 392 g/mol. The lowest BCUT2D eigenvalue weighted by Gasteiger charge is -2.32. The van der Waals surface area contributed by atoms with Gasteiger partial charge in [-0.15, -0.1) is 0 Å². The number of hydrazone groups is 1. The van der Waals surface area contributed by atoms with Crippen LogP contribution in [0.5, 0.6) is 5.75 Å². The van der Waals surface area contributed by atoms with Crippen LogP contribution in [-0.2, 0) is 11.2 Å². The summed E-state index contributed by atoms with van der Waals surface area (Å²) in [6.45, 7) is 1.27. The van der Waals surface area contributed by atoms with Crippen molar-refractivity contribution in [2.75, 3.05) is 6.61 Å². The maximum absolute atomic E-state index is 13.6. The fraction of sp³-hybridized carbons (Fsp3) is 0.300. The third kappa shape index (κ3) is 3.87. The number of carbonyl (C=O) groups excluding carboxylic acids is 1. The van der Waals surface area contributed by atoms with E-state index in [2.05, 4.69) is 5.10 Å². The zero-order valence-corrected chi connectivity index (χ0v) is 15.1. The molecule has 1 aliphatic rings. The molecule has 1 amide bonds. The molecule has 1 heterocycles. The van der Waals surface area contributed by atoms with E-state index < -0.39 is 30.8 Å². The molecule has 0 bridgehead atoms. The summed E-state index contributed by atoms with van der Waals surface area (Å²) < 4.78 is 45.9. The van der Waals surface area contributed by atoms with Crippen molar-refractivity contribution in [1.29, 1.82) is 0 Å². The maximum atomic E-state index is 13.6. The van der Waals surface area contributed by atoms with Gasteiger partial charge in [-0.25, -0.2) is 0 Å². The number of hydrogen-bond donors (Lipinski definition) is 1. The minimum Gasteiger partial charge on any atom is -0.484 e. The predicted molar refractivity (Wildman–Crippen MR) is 96.8 cm³/mol. The number of halogens is 3. The summed E-state index contributed by atoms with van der Waals surface area (Å²) in [6, 6.07) is 15.0. The maximum Gasteiger partial charge on any atom is 0.438 e. The number of alkyl halides is 3. The number of nitrogens with zero attached hydrogens (tertiary/aromatic N) is 2. The molecule has 0 aliphatic carbocycles. The number of hydrogen-bond acceptors (Lipinski definition) is 4. The van der Waals surface area contributed by atoms with E-state index in [1.165, 1.54) is 0 Å². The summed E-state index contributed by atoms with van der Waals surface area (Å²) in [6.07, 6.45) is -5.15. The smallest absolute Gasteiger partial charge is 0.438 e. The van der Waals surface area contributed by atoms with Gasteiger partial charge < -0.3 is 9.84 Å². The van der Waals surface area contributed by atoms with Gasteiger partial charge in [0.2, 0.25) is 0 Å². The molecule has 0 saturated carbocycles. The molecule has 1 atom stereocenters. The molecule has 0 radical (unpaired) electrons. The van der Waals surface area contributed by atoms with E-state index in [-0.39, 0.29) is 10.7 Å². The molecule has 0 saturated heterocycles. The number of benzene rings is 2. The second kappa shape index (κ2) is 7.63. The summed E-state index contributed by atoms with van der Waals surface area (Å²) >= 11 is 0. The Morgan fingerprint density at radius 1 is 1.18 bits per heavy atom. The van der Waals surface area contributed by atoms with Crippen LogP contribution in [0.2, 0.25) is 0 Å². The van der Waals surface area contributed by atoms with E-state index >= 15 is 0 Å². The molecule has 8 heteroatoms. The van der Waals surface area contributed by atoms with Gasteiger partial charge in [-0.2, -0.15) is 23.3 Å². The molecule has 28 heavy (non-hydrogen) atoms. The molecule has 148 valence electrons. The van der Waals surface area contributed by atoms with E-state index in [0.717, 1.165) is 12.0 Å². The molecule has 2 aromatic rings. The zero-order valence-electron chi connectivity index (χ0n) is 15.1. The van der Waals surface area contributed by atoms with Crippen LogP contribution < -0.4 is 4.74 Å². The van der Waals surface area contributed by atoms with Crippen LogP contribution in [0.4, 0.5) is 13.2 Å². The summed E-state index contributed by atoms with van der Waals surface area (Å²) in [5.74, 6) is -0.770. The zero-order chi connectivity index (χ0) is 20.4. The third-order valence-electron chi connectivity index (χ3n) is 4.48. The molecule has 1 aliphatic heterocycles. The van der Waals surface area contributed by atoms with Gasteiger partial charge >= 0.3 is 6.18 Å². The van der Waals surface area contributed by atoms with Gasteiger partial charge in [0.05, 0.1) is 12.1 Å². The van der Waals surface area contributed by atoms with E-state index in [1.807, 2.05) is 6.92 Å². The van der Waals surface area contributed by atoms with Gasteiger partial charge in [-0.05, 0) is 29.7 Å². The second-order valence-electron chi connectivity index (χ2n) is 6.40. The second-order valence-corrected chi connectivity index (χ2v) is 6.40. The van der Waals surface area contributed by atoms with Crippen LogP contribution in [0.1, 0.15) is 24.5 Å². The van der Waals surface area contributed by atoms with Gasteiger partial charge in [0, 0.05) is 0 Å². The van der Waals surface area contributed by atoms with E-state index in [4.69, 9.17) is 4.74 Å². The average Bonchev–Trinajstić information content (AvgIpc) is 3.06. The summed E-state index contributed by atoms with van der Waals surface area (Å²) in [5.41, 5.74) is -2.00. The van der Waals surface area contributed by atoms with Gasteiger partial charge in [0.25, 0.3) is 11.6 Å². The number of carbonyl (C=O) groups is 1. The standard InChI is InChI=1S/C20H19F3N2O3/c1-2-14-8-10-15(11-9-14)17-12-19(27,20(21,22)23)25(24-17)18(26)13-28-16-6-4-3-5-7-16/h3-11,27H,2,12-13H2,1H3/t19-/m1/s1. The molecule has 0 aromatic heterocycles. The molecule has 3 rings (SSSR count). The van der Waals surface area contributed by atoms with Gasteiger partial charge in [-0.1, -0.05) is 49.4 Å². The number of para-hydroxylation sites is 1. The van der Waals surface area contributed by atoms with Crippen molar-refractivity contribution < 1.29 is 27.8 Å². The third-order valence-corrected chi connectivity index (χ3v) is 4.48. The normalized spacial score (nSPS) is 19.5. The molecule has 0 spiro atoms. The first-order chi connectivity index (χ1) is 13.2. The Morgan fingerprint density at radius 2 is 1.82 bits per heavy atom. The van der Waals surface area contributed by atoms with Crippen molar-refractivity contribution in [2.45, 2.75) is 31.7 Å². The minimum absolute atomic E-state index is 0.0180. The molecule has 1 N–H and O–H groups in total. The van der Waals surface area contributed by atoms with E-state index in [9.17, 15) is 23.1 Å². The largest absolute Gasteiger partial charge is 0.484 e. The van der Waals surface area contributed by atoms with E-state index in [0.29, 0.717) is 11.3 Å². The summed E-state index contributed by atoms with van der Waals surface area (Å²) in [7, 11) is 0. The Morgan fingerprint density at radius 3 is 2.39 bits per heavy atom. The van der Waals surface area contributed by atoms with Gasteiger partial charge in [0.15, 0.2) is 6.61 Å². The molecular weight excluding hydrogens is 373 g/mol. The lowest BCUT2D eigenvalue weighted by Crippen LogP contribution is -2.57. The summed E-state index contributed by atoms with van der Waals surface area (Å²) in [5, 5.41) is 14.2. The van der Waals surface area contributed by atoms with Crippen LogP contribution in [0, 0.1) is 0 Å². The van der Waals surface area contributed by atoms with Gasteiger partial charge in [-0.3, -0.25) is 4.79 Å². The Hall–Kier alpha value is -2.87. The van der Waals surface area contributed by atoms with Crippen LogP contribution in [0.25, 0.3) is 0 Å². The fourth-order valence-corrected chi connectivity index (χ4v) is 2.85. The molecule has 5 nitrogen and oxygen atoms in total. The first-order valence-electron chi connectivity index (χ1n) is 8.71. The SMILES string of the molecule is CCc1ccc(C2=NN(C(=O)COc3ccccc3)[C@](O)(C(F)(F)F)C2)cc1. The highest BCUT2D eigenvalue weighted by Crippen LogP contribution is 2.41. The Balaban J connectivity index is 1.85. The molecule has 0 unspecified atom stereocenters. The van der Waals surface area contributed by atoms with Crippen LogP contribution in [0.3, 0.4) is 0 Å². The van der Waals surface area contributed by atoms with E-state index in [1.54, 1.807) is 54.6 Å². The number of rotatable bonds is 5. The van der Waals surface area contributed by atoms with Crippen molar-refractivity contribution >= 4 is 11.6 Å². The monoisotopic (exact) mass is 392 g/mol. The Labute approximate surface area is 160 Å². The predicted octanol–water partition coefficient (Wildman–Crippen LogP) is 3.52. The molecule has 2 aromatic carbocycles. The van der Waals surface area contributed by atoms with Crippen molar-refractivity contribution in [2.24, 2.45) is 5.10 Å². The van der Waals surface area contributed by atoms with Crippen LogP contribution >= 0.6 is 0 Å². The van der Waals surface area contributed by atoms with Crippen LogP contribution in [-0.4, -0.2) is 40.2 Å². The highest BCUT2D eigenvalue weighted by atomic mass is 19.4. The van der Waals surface area contributed by atoms with Crippen molar-refractivity contribution in [1.82, 2.24) is 5.01 Å². The van der Waals surface area contributed by atoms with Gasteiger partial charge in [0.1, 0.15) is 5.75 Å². The quantitative estimate of drug-likeness (QED) is 0.847. The summed E-state index contributed by atoms with van der Waals surface area (Å²) in [4.78, 5) is 12.4. The van der Waals surface area contributed by atoms with Crippen LogP contribution in [0.15, 0.2) is 59.7 Å². The highest BCUT2D eigenvalue weighted by Gasteiger charge is 2.63. The van der Waals surface area contributed by atoms with Crippen molar-refractivity contribution in [3.8, 4) is 5.75 Å². The van der Waals surface area contributed by atoms with Crippen molar-refractivity contribution in [3.05, 3.63) is 65.7 Å². The fourth-order valence-electron chi connectivity index (χ4n) is 2.85. The lowest BCUT2D eigenvalue weighted by atomic mass is 9.99.